The quantitative estimate of drug-likeness (QED) is 0.533. The topological polar surface area (TPSA) is 129 Å². The van der Waals surface area contributed by atoms with Crippen molar-refractivity contribution in [1.29, 1.82) is 0 Å². The summed E-state index contributed by atoms with van der Waals surface area (Å²) in [7, 11) is 0. The van der Waals surface area contributed by atoms with Gasteiger partial charge in [-0.25, -0.2) is 29.4 Å². The van der Waals surface area contributed by atoms with Gasteiger partial charge in [0, 0.05) is 24.8 Å². The molecule has 3 heterocycles. The van der Waals surface area contributed by atoms with E-state index in [1.807, 2.05) is 32.9 Å². The number of carbonyl (C=O) groups is 1. The van der Waals surface area contributed by atoms with E-state index in [0.717, 1.165) is 5.56 Å². The molecule has 0 saturated heterocycles. The number of anilines is 1. The standard InChI is InChI=1S/C19H24N8O3/c1-19(2,3)30-18(28)22-7-6-21-17-24-9-15(10-25-17)29-11-14-4-5-16(23-8-14)27-13-20-12-26-27/h4-5,8-10,12-13H,6-7,11H2,1-3H3,(H,22,28)(H,21,24,25). The highest BCUT2D eigenvalue weighted by Crippen LogP contribution is 2.12. The van der Waals surface area contributed by atoms with E-state index in [1.54, 1.807) is 29.6 Å². The molecule has 3 rings (SSSR count). The van der Waals surface area contributed by atoms with Crippen molar-refractivity contribution < 1.29 is 14.3 Å². The van der Waals surface area contributed by atoms with Crippen LogP contribution in [0.3, 0.4) is 0 Å². The average molecular weight is 412 g/mol. The van der Waals surface area contributed by atoms with Crippen molar-refractivity contribution >= 4 is 12.0 Å². The van der Waals surface area contributed by atoms with E-state index in [2.05, 4.69) is 35.7 Å². The third-order valence-electron chi connectivity index (χ3n) is 3.57. The SMILES string of the molecule is CC(C)(C)OC(=O)NCCNc1ncc(OCc2ccc(-n3cncn3)nc2)cn1. The summed E-state index contributed by atoms with van der Waals surface area (Å²) < 4.78 is 12.4. The first-order valence-corrected chi connectivity index (χ1v) is 9.34. The molecule has 2 N–H and O–H groups in total. The summed E-state index contributed by atoms with van der Waals surface area (Å²) in [6.45, 7) is 6.62. The summed E-state index contributed by atoms with van der Waals surface area (Å²) in [5.74, 6) is 1.65. The van der Waals surface area contributed by atoms with Crippen LogP contribution < -0.4 is 15.4 Å². The summed E-state index contributed by atoms with van der Waals surface area (Å²) in [5.41, 5.74) is 0.375. The summed E-state index contributed by atoms with van der Waals surface area (Å²) in [6, 6.07) is 3.74. The van der Waals surface area contributed by atoms with Crippen LogP contribution in [0.1, 0.15) is 26.3 Å². The number of amides is 1. The molecule has 0 spiro atoms. The van der Waals surface area contributed by atoms with Crippen molar-refractivity contribution in [3.63, 3.8) is 0 Å². The van der Waals surface area contributed by atoms with E-state index >= 15 is 0 Å². The third-order valence-corrected chi connectivity index (χ3v) is 3.57. The summed E-state index contributed by atoms with van der Waals surface area (Å²) in [4.78, 5) is 28.2. The van der Waals surface area contributed by atoms with Gasteiger partial charge in [-0.05, 0) is 26.8 Å². The first kappa shape index (κ1) is 21.0. The minimum atomic E-state index is -0.522. The van der Waals surface area contributed by atoms with Crippen LogP contribution in [-0.4, -0.2) is 54.5 Å². The summed E-state index contributed by atoms with van der Waals surface area (Å²) in [6.07, 6.45) is 7.44. The second-order valence-electron chi connectivity index (χ2n) is 7.25. The monoisotopic (exact) mass is 412 g/mol. The number of rotatable bonds is 8. The number of carbonyl (C=O) groups excluding carboxylic acids is 1. The molecule has 0 unspecified atom stereocenters. The molecule has 0 aromatic carbocycles. The van der Waals surface area contributed by atoms with Gasteiger partial charge in [0.25, 0.3) is 0 Å². The fourth-order valence-electron chi connectivity index (χ4n) is 2.27. The second-order valence-corrected chi connectivity index (χ2v) is 7.25. The molecule has 0 radical (unpaired) electrons. The fourth-order valence-corrected chi connectivity index (χ4v) is 2.27. The lowest BCUT2D eigenvalue weighted by molar-refractivity contribution is 0.0530. The number of aromatic nitrogens is 6. The third kappa shape index (κ3) is 6.69. The molecule has 0 saturated carbocycles. The van der Waals surface area contributed by atoms with Crippen molar-refractivity contribution in [3.05, 3.63) is 48.9 Å². The Balaban J connectivity index is 1.39. The molecule has 0 aliphatic heterocycles. The molecule has 0 aliphatic rings. The number of nitrogens with zero attached hydrogens (tertiary/aromatic N) is 6. The van der Waals surface area contributed by atoms with Gasteiger partial charge in [0.05, 0.1) is 12.4 Å². The Bertz CT molecular complexity index is 922. The molecule has 11 heteroatoms. The number of pyridine rings is 1. The zero-order valence-electron chi connectivity index (χ0n) is 17.1. The molecule has 11 nitrogen and oxygen atoms in total. The van der Waals surface area contributed by atoms with Gasteiger partial charge in [-0.15, -0.1) is 0 Å². The van der Waals surface area contributed by atoms with Gasteiger partial charge in [0.1, 0.15) is 24.9 Å². The smallest absolute Gasteiger partial charge is 0.407 e. The first-order valence-electron chi connectivity index (χ1n) is 9.34. The fraction of sp³-hybridized carbons (Fsp3) is 0.368. The minimum Gasteiger partial charge on any atom is -0.486 e. The van der Waals surface area contributed by atoms with Gasteiger partial charge < -0.3 is 20.1 Å². The Labute approximate surface area is 173 Å². The van der Waals surface area contributed by atoms with Crippen LogP contribution in [0.2, 0.25) is 0 Å². The van der Waals surface area contributed by atoms with Gasteiger partial charge in [-0.2, -0.15) is 5.10 Å². The zero-order valence-corrected chi connectivity index (χ0v) is 17.1. The highest BCUT2D eigenvalue weighted by atomic mass is 16.6. The molecule has 0 atom stereocenters. The molecule has 0 bridgehead atoms. The lowest BCUT2D eigenvalue weighted by Crippen LogP contribution is -2.35. The van der Waals surface area contributed by atoms with E-state index in [4.69, 9.17) is 9.47 Å². The number of ether oxygens (including phenoxy) is 2. The number of hydrogen-bond acceptors (Lipinski definition) is 9. The van der Waals surface area contributed by atoms with Gasteiger partial charge in [-0.3, -0.25) is 0 Å². The van der Waals surface area contributed by atoms with Gasteiger partial charge in [0.15, 0.2) is 11.6 Å². The van der Waals surface area contributed by atoms with Crippen LogP contribution in [0.4, 0.5) is 10.7 Å². The molecule has 0 aliphatic carbocycles. The van der Waals surface area contributed by atoms with Crippen LogP contribution in [0.5, 0.6) is 5.75 Å². The second kappa shape index (κ2) is 9.63. The van der Waals surface area contributed by atoms with Crippen molar-refractivity contribution in [1.82, 2.24) is 35.0 Å². The Kier molecular flexibility index (Phi) is 6.73. The molecule has 3 aromatic heterocycles. The molecule has 30 heavy (non-hydrogen) atoms. The Morgan fingerprint density at radius 3 is 2.53 bits per heavy atom. The van der Waals surface area contributed by atoms with Crippen molar-refractivity contribution in [3.8, 4) is 11.6 Å². The van der Waals surface area contributed by atoms with E-state index in [9.17, 15) is 4.79 Å². The predicted molar refractivity (Wildman–Crippen MR) is 108 cm³/mol. The predicted octanol–water partition coefficient (Wildman–Crippen LogP) is 1.97. The minimum absolute atomic E-state index is 0.334. The molecule has 158 valence electrons. The summed E-state index contributed by atoms with van der Waals surface area (Å²) in [5, 5.41) is 9.70. The van der Waals surface area contributed by atoms with E-state index in [-0.39, 0.29) is 0 Å². The van der Waals surface area contributed by atoms with E-state index in [0.29, 0.717) is 37.2 Å². The molecular formula is C19H24N8O3. The molecule has 1 amide bonds. The Morgan fingerprint density at radius 2 is 1.90 bits per heavy atom. The van der Waals surface area contributed by atoms with Gasteiger partial charge in [-0.1, -0.05) is 6.07 Å². The maximum atomic E-state index is 11.6. The van der Waals surface area contributed by atoms with E-state index < -0.39 is 11.7 Å². The number of nitrogens with one attached hydrogen (secondary N) is 2. The normalized spacial score (nSPS) is 11.0. The molecule has 0 fully saturated rings. The van der Waals surface area contributed by atoms with Gasteiger partial charge in [0.2, 0.25) is 5.95 Å². The maximum absolute atomic E-state index is 11.6. The van der Waals surface area contributed by atoms with Crippen LogP contribution in [-0.2, 0) is 11.3 Å². The largest absolute Gasteiger partial charge is 0.486 e. The molecule has 3 aromatic rings. The Hall–Kier alpha value is -3.76. The highest BCUT2D eigenvalue weighted by Gasteiger charge is 2.15. The van der Waals surface area contributed by atoms with Crippen LogP contribution >= 0.6 is 0 Å². The lowest BCUT2D eigenvalue weighted by atomic mass is 10.2. The average Bonchev–Trinajstić information content (AvgIpc) is 3.24. The maximum Gasteiger partial charge on any atom is 0.407 e. The van der Waals surface area contributed by atoms with Crippen LogP contribution in [0.15, 0.2) is 43.4 Å². The van der Waals surface area contributed by atoms with Crippen molar-refractivity contribution in [2.75, 3.05) is 18.4 Å². The zero-order chi connectivity index (χ0) is 21.4. The lowest BCUT2D eigenvalue weighted by Gasteiger charge is -2.19. The van der Waals surface area contributed by atoms with Gasteiger partial charge >= 0.3 is 6.09 Å². The van der Waals surface area contributed by atoms with Crippen molar-refractivity contribution in [2.45, 2.75) is 33.0 Å². The number of alkyl carbamates (subject to hydrolysis) is 1. The Morgan fingerprint density at radius 1 is 1.10 bits per heavy atom. The first-order chi connectivity index (χ1) is 14.4. The van der Waals surface area contributed by atoms with Crippen LogP contribution in [0.25, 0.3) is 5.82 Å². The highest BCUT2D eigenvalue weighted by molar-refractivity contribution is 5.67. The van der Waals surface area contributed by atoms with E-state index in [1.165, 1.54) is 6.33 Å². The number of hydrogen-bond donors (Lipinski definition) is 2. The molecular weight excluding hydrogens is 388 g/mol. The van der Waals surface area contributed by atoms with Crippen molar-refractivity contribution in [2.24, 2.45) is 0 Å². The van der Waals surface area contributed by atoms with Crippen LogP contribution in [0, 0.1) is 0 Å². The summed E-state index contributed by atoms with van der Waals surface area (Å²) >= 11 is 0.